The van der Waals surface area contributed by atoms with Gasteiger partial charge in [0.15, 0.2) is 0 Å². The number of hydroxylamine groups is 1. The van der Waals surface area contributed by atoms with Crippen LogP contribution in [-0.2, 0) is 4.79 Å². The summed E-state index contributed by atoms with van der Waals surface area (Å²) in [5, 5.41) is 9.21. The lowest BCUT2D eigenvalue weighted by molar-refractivity contribution is -0.763. The van der Waals surface area contributed by atoms with Gasteiger partial charge in [-0.15, -0.1) is 0 Å². The molecule has 1 aromatic rings. The zero-order valence-corrected chi connectivity index (χ0v) is 7.42. The Labute approximate surface area is 80.8 Å². The monoisotopic (exact) mass is 189 g/mol. The summed E-state index contributed by atoms with van der Waals surface area (Å²) in [6.07, 6.45) is 5.98. The topological polar surface area (TPSA) is 53.2 Å². The summed E-state index contributed by atoms with van der Waals surface area (Å²) >= 11 is 0. The van der Waals surface area contributed by atoms with Gasteiger partial charge in [0.2, 0.25) is 12.3 Å². The van der Waals surface area contributed by atoms with Crippen molar-refractivity contribution in [1.29, 1.82) is 0 Å². The first kappa shape index (κ1) is 8.62. The van der Waals surface area contributed by atoms with E-state index in [9.17, 15) is 10.0 Å². The predicted octanol–water partition coefficient (Wildman–Crippen LogP) is 0.520. The van der Waals surface area contributed by atoms with E-state index in [1.165, 1.54) is 6.08 Å². The summed E-state index contributed by atoms with van der Waals surface area (Å²) < 4.78 is 0.887. The molecule has 0 atom stereocenters. The standard InChI is InChI=1S/C10H9N2O2/c13-10-5-9(6-12(14)7-10)8-1-3-11-4-2-8/h1-5,7,14H,6H2/q+1. The molecule has 70 valence electrons. The largest absolute Gasteiger partial charge is 0.290 e. The fourth-order valence-electron chi connectivity index (χ4n) is 1.36. The van der Waals surface area contributed by atoms with Gasteiger partial charge in [0.25, 0.3) is 6.21 Å². The number of allylic oxidation sites excluding steroid dienone is 1. The normalized spacial score (nSPS) is 16.1. The van der Waals surface area contributed by atoms with Crippen LogP contribution in [0.15, 0.2) is 30.6 Å². The second kappa shape index (κ2) is 3.41. The summed E-state index contributed by atoms with van der Waals surface area (Å²) in [5.41, 5.74) is 1.70. The number of hydrogen-bond acceptors (Lipinski definition) is 3. The number of ketones is 1. The maximum atomic E-state index is 11.1. The summed E-state index contributed by atoms with van der Waals surface area (Å²) in [4.78, 5) is 15.0. The number of pyridine rings is 1. The summed E-state index contributed by atoms with van der Waals surface area (Å²) in [5.74, 6) is -0.203. The third-order valence-corrected chi connectivity index (χ3v) is 1.98. The molecule has 0 aromatic carbocycles. The van der Waals surface area contributed by atoms with Gasteiger partial charge in [-0.05, 0) is 22.4 Å². The molecule has 1 aliphatic heterocycles. The van der Waals surface area contributed by atoms with Crippen LogP contribution in [0, 0.1) is 0 Å². The first-order valence-corrected chi connectivity index (χ1v) is 4.21. The van der Waals surface area contributed by atoms with Crippen LogP contribution < -0.4 is 0 Å². The molecule has 14 heavy (non-hydrogen) atoms. The van der Waals surface area contributed by atoms with Gasteiger partial charge in [-0.3, -0.25) is 15.0 Å². The maximum absolute atomic E-state index is 11.1. The van der Waals surface area contributed by atoms with E-state index in [4.69, 9.17) is 0 Å². The van der Waals surface area contributed by atoms with Gasteiger partial charge < -0.3 is 0 Å². The van der Waals surface area contributed by atoms with Crippen molar-refractivity contribution in [3.05, 3.63) is 36.2 Å². The molecular weight excluding hydrogens is 180 g/mol. The molecule has 1 aromatic heterocycles. The van der Waals surface area contributed by atoms with Crippen LogP contribution in [0.4, 0.5) is 0 Å². The van der Waals surface area contributed by atoms with Crippen LogP contribution in [0.5, 0.6) is 0 Å². The SMILES string of the molecule is O=C1C=C(c2ccncc2)C[N+](O)=C1. The molecule has 2 rings (SSSR count). The number of carbonyl (C=O) groups is 1. The molecule has 0 saturated carbocycles. The van der Waals surface area contributed by atoms with Gasteiger partial charge in [-0.1, -0.05) is 0 Å². The van der Waals surface area contributed by atoms with Crippen molar-refractivity contribution in [3.8, 4) is 0 Å². The highest BCUT2D eigenvalue weighted by atomic mass is 16.5. The fraction of sp³-hybridized carbons (Fsp3) is 0.100. The van der Waals surface area contributed by atoms with E-state index in [0.717, 1.165) is 22.1 Å². The Hall–Kier alpha value is -1.97. The molecule has 0 saturated heterocycles. The van der Waals surface area contributed by atoms with Crippen molar-refractivity contribution in [2.45, 2.75) is 0 Å². The van der Waals surface area contributed by atoms with E-state index in [0.29, 0.717) is 6.54 Å². The van der Waals surface area contributed by atoms with Crippen molar-refractivity contribution >= 4 is 17.6 Å². The third kappa shape index (κ3) is 1.69. The van der Waals surface area contributed by atoms with Crippen LogP contribution in [0.2, 0.25) is 0 Å². The lowest BCUT2D eigenvalue weighted by Gasteiger charge is -2.04. The molecule has 2 heterocycles. The molecule has 0 fully saturated rings. The molecule has 0 spiro atoms. The van der Waals surface area contributed by atoms with Gasteiger partial charge in [0, 0.05) is 24.0 Å². The molecule has 1 N–H and O–H groups in total. The highest BCUT2D eigenvalue weighted by Gasteiger charge is 2.18. The van der Waals surface area contributed by atoms with Gasteiger partial charge in [0.05, 0.1) is 0 Å². The molecule has 0 radical (unpaired) electrons. The van der Waals surface area contributed by atoms with E-state index < -0.39 is 0 Å². The van der Waals surface area contributed by atoms with Crippen molar-refractivity contribution in [1.82, 2.24) is 4.98 Å². The molecule has 0 bridgehead atoms. The quantitative estimate of drug-likeness (QED) is 0.517. The minimum atomic E-state index is -0.203. The van der Waals surface area contributed by atoms with Crippen molar-refractivity contribution in [2.24, 2.45) is 0 Å². The Morgan fingerprint density at radius 1 is 1.36 bits per heavy atom. The summed E-state index contributed by atoms with van der Waals surface area (Å²) in [7, 11) is 0. The van der Waals surface area contributed by atoms with E-state index in [2.05, 4.69) is 4.98 Å². The third-order valence-electron chi connectivity index (χ3n) is 1.98. The van der Waals surface area contributed by atoms with Gasteiger partial charge in [-0.25, -0.2) is 0 Å². The zero-order valence-electron chi connectivity index (χ0n) is 7.42. The van der Waals surface area contributed by atoms with E-state index in [1.807, 2.05) is 0 Å². The number of carbonyl (C=O) groups excluding carboxylic acids is 1. The Balaban J connectivity index is 2.34. The highest BCUT2D eigenvalue weighted by Crippen LogP contribution is 2.14. The lowest BCUT2D eigenvalue weighted by atomic mass is 10.0. The number of nitrogens with zero attached hydrogens (tertiary/aromatic N) is 2. The predicted molar refractivity (Wildman–Crippen MR) is 50.2 cm³/mol. The molecule has 1 aliphatic rings. The maximum Gasteiger partial charge on any atom is 0.262 e. The number of rotatable bonds is 1. The smallest absolute Gasteiger partial charge is 0.262 e. The number of hydrogen-bond donors (Lipinski definition) is 1. The van der Waals surface area contributed by atoms with E-state index >= 15 is 0 Å². The minimum Gasteiger partial charge on any atom is -0.290 e. The van der Waals surface area contributed by atoms with Crippen LogP contribution in [0.3, 0.4) is 0 Å². The molecule has 0 unspecified atom stereocenters. The Kier molecular flexibility index (Phi) is 2.10. The Morgan fingerprint density at radius 2 is 2.07 bits per heavy atom. The van der Waals surface area contributed by atoms with Crippen molar-refractivity contribution in [3.63, 3.8) is 0 Å². The van der Waals surface area contributed by atoms with Crippen molar-refractivity contribution in [2.75, 3.05) is 6.54 Å². The second-order valence-corrected chi connectivity index (χ2v) is 3.03. The summed E-state index contributed by atoms with van der Waals surface area (Å²) in [6, 6.07) is 3.61. The molecule has 4 nitrogen and oxygen atoms in total. The molecule has 0 aliphatic carbocycles. The zero-order chi connectivity index (χ0) is 9.97. The molecule has 4 heteroatoms. The van der Waals surface area contributed by atoms with Gasteiger partial charge in [-0.2, -0.15) is 0 Å². The Morgan fingerprint density at radius 3 is 2.71 bits per heavy atom. The van der Waals surface area contributed by atoms with Crippen LogP contribution >= 0.6 is 0 Å². The van der Waals surface area contributed by atoms with Crippen LogP contribution in [0.25, 0.3) is 5.57 Å². The van der Waals surface area contributed by atoms with E-state index in [-0.39, 0.29) is 5.78 Å². The average Bonchev–Trinajstić information content (AvgIpc) is 2.18. The van der Waals surface area contributed by atoms with E-state index in [1.54, 1.807) is 24.5 Å². The number of aromatic nitrogens is 1. The Bertz CT molecular complexity index is 421. The fourth-order valence-corrected chi connectivity index (χ4v) is 1.36. The highest BCUT2D eigenvalue weighted by molar-refractivity contribution is 6.33. The second-order valence-electron chi connectivity index (χ2n) is 3.03. The molecule has 0 amide bonds. The van der Waals surface area contributed by atoms with Gasteiger partial charge >= 0.3 is 0 Å². The molecular formula is C10H9N2O2+. The minimum absolute atomic E-state index is 0.203. The van der Waals surface area contributed by atoms with Gasteiger partial charge in [0.1, 0.15) is 0 Å². The first-order valence-electron chi connectivity index (χ1n) is 4.21. The first-order chi connectivity index (χ1) is 6.75. The van der Waals surface area contributed by atoms with Crippen molar-refractivity contribution < 1.29 is 14.7 Å². The van der Waals surface area contributed by atoms with Crippen LogP contribution in [0.1, 0.15) is 5.56 Å². The average molecular weight is 189 g/mol. The van der Waals surface area contributed by atoms with Crippen LogP contribution in [-0.4, -0.2) is 33.5 Å². The lowest BCUT2D eigenvalue weighted by Crippen LogP contribution is -2.20. The summed E-state index contributed by atoms with van der Waals surface area (Å²) in [6.45, 7) is 0.329.